The molecule has 2 aliphatic rings. The molecule has 0 amide bonds. The number of aryl methyl sites for hydroxylation is 3. The van der Waals surface area contributed by atoms with Crippen molar-refractivity contribution in [2.45, 2.75) is 85.0 Å². The van der Waals surface area contributed by atoms with Crippen LogP contribution in [0.4, 0.5) is 0 Å². The summed E-state index contributed by atoms with van der Waals surface area (Å²) in [5.41, 5.74) is 12.1. The van der Waals surface area contributed by atoms with Crippen LogP contribution in [0.2, 0.25) is 5.02 Å². The summed E-state index contributed by atoms with van der Waals surface area (Å²) in [4.78, 5) is 0. The molecular formula is C43H55ClN2O. The monoisotopic (exact) mass is 650 g/mol. The third kappa shape index (κ3) is 12.0. The second kappa shape index (κ2) is 19.7. The van der Waals surface area contributed by atoms with Crippen LogP contribution in [0.25, 0.3) is 5.57 Å². The van der Waals surface area contributed by atoms with Gasteiger partial charge in [-0.25, -0.2) is 0 Å². The van der Waals surface area contributed by atoms with Crippen molar-refractivity contribution in [2.75, 3.05) is 13.1 Å². The smallest absolute Gasteiger partial charge is 0.118 e. The molecule has 0 aliphatic heterocycles. The highest BCUT2D eigenvalue weighted by Crippen LogP contribution is 2.37. The number of fused-ring (bicyclic) bond motifs is 1. The van der Waals surface area contributed by atoms with Crippen LogP contribution in [0.5, 0.6) is 5.75 Å². The summed E-state index contributed by atoms with van der Waals surface area (Å²) >= 11 is 5.61. The van der Waals surface area contributed by atoms with Gasteiger partial charge in [0, 0.05) is 30.2 Å². The van der Waals surface area contributed by atoms with Gasteiger partial charge in [-0.2, -0.15) is 0 Å². The summed E-state index contributed by atoms with van der Waals surface area (Å²) in [6.45, 7) is 22.2. The normalized spacial score (nSPS) is 15.1. The fourth-order valence-electron chi connectivity index (χ4n) is 6.07. The van der Waals surface area contributed by atoms with Gasteiger partial charge in [0.25, 0.3) is 0 Å². The van der Waals surface area contributed by atoms with Gasteiger partial charge in [0.1, 0.15) is 5.75 Å². The van der Waals surface area contributed by atoms with E-state index in [4.69, 9.17) is 11.6 Å². The van der Waals surface area contributed by atoms with Crippen molar-refractivity contribution in [3.8, 4) is 5.75 Å². The molecule has 1 saturated carbocycles. The van der Waals surface area contributed by atoms with Gasteiger partial charge in [-0.1, -0.05) is 105 Å². The Hall–Kier alpha value is -3.95. The second-order valence-corrected chi connectivity index (χ2v) is 13.0. The Morgan fingerprint density at radius 3 is 2.32 bits per heavy atom. The number of phenolic OH excluding ortho intramolecular Hbond substituents is 1. The number of rotatable bonds is 10. The highest BCUT2D eigenvalue weighted by atomic mass is 35.5. The molecule has 0 heterocycles. The zero-order valence-corrected chi connectivity index (χ0v) is 29.9. The van der Waals surface area contributed by atoms with Crippen molar-refractivity contribution in [2.24, 2.45) is 0 Å². The maximum atomic E-state index is 10.1. The summed E-state index contributed by atoms with van der Waals surface area (Å²) < 4.78 is 0. The highest BCUT2D eigenvalue weighted by Gasteiger charge is 2.21. The molecule has 0 radical (unpaired) electrons. The first-order valence-electron chi connectivity index (χ1n) is 17.1. The average molecular weight is 651 g/mol. The van der Waals surface area contributed by atoms with Crippen molar-refractivity contribution >= 4 is 17.2 Å². The van der Waals surface area contributed by atoms with Crippen LogP contribution in [-0.4, -0.2) is 18.2 Å². The van der Waals surface area contributed by atoms with Gasteiger partial charge in [-0.05, 0) is 134 Å². The number of hydrogen-bond acceptors (Lipinski definition) is 3. The summed E-state index contributed by atoms with van der Waals surface area (Å²) in [5.74, 6) is 1.05. The van der Waals surface area contributed by atoms with Gasteiger partial charge in [-0.15, -0.1) is 0 Å². The van der Waals surface area contributed by atoms with Crippen molar-refractivity contribution in [3.05, 3.63) is 154 Å². The minimum atomic E-state index is 0.346. The van der Waals surface area contributed by atoms with E-state index in [9.17, 15) is 5.11 Å². The Bertz CT molecular complexity index is 1520. The highest BCUT2D eigenvalue weighted by molar-refractivity contribution is 6.30. The van der Waals surface area contributed by atoms with Gasteiger partial charge >= 0.3 is 0 Å². The fourth-order valence-corrected chi connectivity index (χ4v) is 6.19. The number of hydrogen-bond donors (Lipinski definition) is 3. The minimum Gasteiger partial charge on any atom is -0.508 e. The topological polar surface area (TPSA) is 44.3 Å². The summed E-state index contributed by atoms with van der Waals surface area (Å²) in [6, 6.07) is 20.7. The Balaban J connectivity index is 0.000000355. The number of allylic oxidation sites excluding steroid dienone is 4. The van der Waals surface area contributed by atoms with Crippen LogP contribution in [0, 0.1) is 13.8 Å². The molecule has 47 heavy (non-hydrogen) atoms. The zero-order valence-electron chi connectivity index (χ0n) is 29.1. The first kappa shape index (κ1) is 37.5. The van der Waals surface area contributed by atoms with Crippen LogP contribution < -0.4 is 10.6 Å². The number of benzene rings is 3. The fraction of sp³-hybridized carbons (Fsp3) is 0.349. The Morgan fingerprint density at radius 2 is 1.70 bits per heavy atom. The van der Waals surface area contributed by atoms with Gasteiger partial charge in [0.15, 0.2) is 0 Å². The van der Waals surface area contributed by atoms with Crippen molar-refractivity contribution < 1.29 is 5.11 Å². The Kier molecular flexibility index (Phi) is 15.7. The van der Waals surface area contributed by atoms with E-state index in [1.807, 2.05) is 50.2 Å². The van der Waals surface area contributed by atoms with Gasteiger partial charge in [0.2, 0.25) is 0 Å². The van der Waals surface area contributed by atoms with Crippen molar-refractivity contribution in [1.29, 1.82) is 0 Å². The molecule has 0 saturated heterocycles. The molecule has 2 aliphatic carbocycles. The predicted molar refractivity (Wildman–Crippen MR) is 205 cm³/mol. The largest absolute Gasteiger partial charge is 0.508 e. The first-order valence-corrected chi connectivity index (χ1v) is 17.5. The first-order chi connectivity index (χ1) is 22.7. The minimum absolute atomic E-state index is 0.346. The van der Waals surface area contributed by atoms with Gasteiger partial charge < -0.3 is 15.7 Å². The van der Waals surface area contributed by atoms with Crippen LogP contribution >= 0.6 is 11.6 Å². The number of aromatic hydroxyl groups is 1. The Labute approximate surface area is 289 Å². The van der Waals surface area contributed by atoms with E-state index in [0.29, 0.717) is 11.7 Å². The molecule has 3 aromatic carbocycles. The Morgan fingerprint density at radius 1 is 1.00 bits per heavy atom. The van der Waals surface area contributed by atoms with E-state index in [-0.39, 0.29) is 0 Å². The van der Waals surface area contributed by atoms with Crippen LogP contribution in [0.1, 0.15) is 91.7 Å². The van der Waals surface area contributed by atoms with Crippen LogP contribution in [0.15, 0.2) is 116 Å². The maximum absolute atomic E-state index is 10.1. The summed E-state index contributed by atoms with van der Waals surface area (Å²) in [7, 11) is 0. The molecule has 3 aromatic rings. The van der Waals surface area contributed by atoms with Crippen molar-refractivity contribution in [1.82, 2.24) is 10.6 Å². The second-order valence-electron chi connectivity index (χ2n) is 12.6. The molecule has 0 unspecified atom stereocenters. The summed E-state index contributed by atoms with van der Waals surface area (Å²) in [6.07, 6.45) is 15.4. The van der Waals surface area contributed by atoms with E-state index in [2.05, 4.69) is 80.6 Å². The van der Waals surface area contributed by atoms with Gasteiger partial charge in [-0.3, -0.25) is 0 Å². The average Bonchev–Trinajstić information content (AvgIpc) is 3.07. The lowest BCUT2D eigenvalue weighted by Crippen LogP contribution is -2.18. The lowest BCUT2D eigenvalue weighted by molar-refractivity contribution is 0.470. The third-order valence-electron chi connectivity index (χ3n) is 8.78. The SMILES string of the molecule is C=C(NCC=C1CCC(c2ccccc2CCC)CC1)C1=CC(=C)c2cc(C)c(O)cc2C1.C=CNCCC.Cc1ccc(Cl)cc1. The van der Waals surface area contributed by atoms with Crippen LogP contribution in [0.3, 0.4) is 0 Å². The molecule has 0 atom stereocenters. The lowest BCUT2D eigenvalue weighted by Gasteiger charge is -2.26. The molecule has 4 heteroatoms. The lowest BCUT2D eigenvalue weighted by atomic mass is 9.79. The zero-order chi connectivity index (χ0) is 34.2. The number of phenols is 1. The van der Waals surface area contributed by atoms with E-state index >= 15 is 0 Å². The van der Waals surface area contributed by atoms with Gasteiger partial charge in [0.05, 0.1) is 0 Å². The van der Waals surface area contributed by atoms with E-state index in [0.717, 1.165) is 58.1 Å². The van der Waals surface area contributed by atoms with Crippen LogP contribution in [-0.2, 0) is 12.8 Å². The van der Waals surface area contributed by atoms with E-state index < -0.39 is 0 Å². The number of nitrogens with one attached hydrogen (secondary N) is 2. The molecule has 0 aromatic heterocycles. The molecule has 1 fully saturated rings. The molecule has 5 rings (SSSR count). The maximum Gasteiger partial charge on any atom is 0.118 e. The molecule has 3 N–H and O–H groups in total. The third-order valence-corrected chi connectivity index (χ3v) is 9.03. The quantitative estimate of drug-likeness (QED) is 0.151. The molecule has 250 valence electrons. The molecular weight excluding hydrogens is 596 g/mol. The van der Waals surface area contributed by atoms with Crippen molar-refractivity contribution in [3.63, 3.8) is 0 Å². The standard InChI is InChI=1S/C31H37NO.C7H7Cl.C5H11N/c1-5-8-25-9-6-7-10-29(25)26-13-11-24(12-14-26)15-16-32-23(4)27-17-21(2)30-18-22(3)31(33)20-28(30)19-27;1-6-2-4-7(8)5-3-6;1-3-5-6-4-2/h6-7,9-10,15,17-18,20,26,32-33H,2,4-5,8,11-14,16,19H2,1,3H3;2-5H,1H3;4,6H,2-3,5H2,1H3. The summed E-state index contributed by atoms with van der Waals surface area (Å²) in [5, 5.41) is 17.4. The molecule has 0 bridgehead atoms. The molecule has 3 nitrogen and oxygen atoms in total. The van der Waals surface area contributed by atoms with E-state index in [1.54, 1.807) is 22.9 Å². The molecule has 0 spiro atoms. The predicted octanol–water partition coefficient (Wildman–Crippen LogP) is 11.3. The number of halogens is 1. The van der Waals surface area contributed by atoms with E-state index in [1.165, 1.54) is 50.5 Å².